The molecule has 0 atom stereocenters. The lowest BCUT2D eigenvalue weighted by Gasteiger charge is -2.11. The number of benzene rings is 2. The molecule has 0 aliphatic rings. The first-order valence-corrected chi connectivity index (χ1v) is 11.8. The van der Waals surface area contributed by atoms with E-state index >= 15 is 0 Å². The summed E-state index contributed by atoms with van der Waals surface area (Å²) >= 11 is 0. The van der Waals surface area contributed by atoms with Gasteiger partial charge in [-0.15, -0.1) is 0 Å². The number of pyridine rings is 1. The number of carbonyl (C=O) groups is 1. The lowest BCUT2D eigenvalue weighted by Crippen LogP contribution is -2.37. The Morgan fingerprint density at radius 2 is 1.69 bits per heavy atom. The molecule has 2 aromatic carbocycles. The fourth-order valence-corrected chi connectivity index (χ4v) is 4.73. The topological polar surface area (TPSA) is 97.3 Å². The van der Waals surface area contributed by atoms with Crippen LogP contribution in [-0.2, 0) is 16.6 Å². The Bertz CT molecular complexity index is 1300. The molecule has 0 aliphatic carbocycles. The molecule has 0 radical (unpaired) electrons. The molecular weight excluding hydrogens is 426 g/mol. The largest absolute Gasteiger partial charge is 0.351 e. The van der Waals surface area contributed by atoms with Crippen molar-refractivity contribution in [3.63, 3.8) is 0 Å². The third kappa shape index (κ3) is 5.72. The second kappa shape index (κ2) is 9.93. The van der Waals surface area contributed by atoms with E-state index in [2.05, 4.69) is 10.0 Å². The van der Waals surface area contributed by atoms with Crippen molar-refractivity contribution in [2.24, 2.45) is 0 Å². The quantitative estimate of drug-likeness (QED) is 0.512. The Kier molecular flexibility index (Phi) is 7.27. The van der Waals surface area contributed by atoms with Gasteiger partial charge in [-0.3, -0.25) is 9.59 Å². The predicted molar refractivity (Wildman–Crippen MR) is 124 cm³/mol. The smallest absolute Gasteiger partial charge is 0.263 e. The van der Waals surface area contributed by atoms with Gasteiger partial charge in [-0.25, -0.2) is 13.1 Å². The van der Waals surface area contributed by atoms with Crippen LogP contribution in [0.15, 0.2) is 70.5 Å². The number of carbonyl (C=O) groups excluding carboxylic acids is 1. The van der Waals surface area contributed by atoms with Gasteiger partial charge in [-0.05, 0) is 55.7 Å². The van der Waals surface area contributed by atoms with Gasteiger partial charge in [0, 0.05) is 19.3 Å². The Hall–Kier alpha value is -3.23. The second-order valence-corrected chi connectivity index (χ2v) is 9.50. The zero-order valence-electron chi connectivity index (χ0n) is 18.4. The SMILES string of the molecule is Cc1cccc(Cn2cccc(C(=O)NCCNS(=O)(=O)c3cc(C)ccc3C)c2=O)c1. The molecule has 1 heterocycles. The number of aryl methyl sites for hydroxylation is 3. The minimum Gasteiger partial charge on any atom is -0.351 e. The number of amides is 1. The van der Waals surface area contributed by atoms with E-state index in [0.717, 1.165) is 16.7 Å². The summed E-state index contributed by atoms with van der Waals surface area (Å²) in [6.07, 6.45) is 1.64. The van der Waals surface area contributed by atoms with Gasteiger partial charge in [0.1, 0.15) is 5.56 Å². The third-order valence-corrected chi connectivity index (χ3v) is 6.64. The highest BCUT2D eigenvalue weighted by Gasteiger charge is 2.17. The molecule has 3 rings (SSSR count). The number of rotatable bonds is 8. The van der Waals surface area contributed by atoms with Crippen molar-refractivity contribution in [1.29, 1.82) is 0 Å². The average Bonchev–Trinajstić information content (AvgIpc) is 2.74. The molecule has 3 aromatic rings. The molecule has 0 fully saturated rings. The maximum absolute atomic E-state index is 12.7. The van der Waals surface area contributed by atoms with Crippen LogP contribution in [0.4, 0.5) is 0 Å². The summed E-state index contributed by atoms with van der Waals surface area (Å²) in [7, 11) is -3.70. The van der Waals surface area contributed by atoms with Crippen molar-refractivity contribution in [2.75, 3.05) is 13.1 Å². The lowest BCUT2D eigenvalue weighted by molar-refractivity contribution is 0.0952. The van der Waals surface area contributed by atoms with Gasteiger partial charge in [0.05, 0.1) is 11.4 Å². The van der Waals surface area contributed by atoms with E-state index in [-0.39, 0.29) is 23.5 Å². The van der Waals surface area contributed by atoms with Crippen LogP contribution in [0.2, 0.25) is 0 Å². The molecule has 0 saturated carbocycles. The monoisotopic (exact) mass is 453 g/mol. The van der Waals surface area contributed by atoms with E-state index in [0.29, 0.717) is 12.1 Å². The van der Waals surface area contributed by atoms with Gasteiger partial charge in [-0.1, -0.05) is 42.0 Å². The Morgan fingerprint density at radius 1 is 0.938 bits per heavy atom. The number of aromatic nitrogens is 1. The zero-order valence-corrected chi connectivity index (χ0v) is 19.2. The summed E-state index contributed by atoms with van der Waals surface area (Å²) in [6, 6.07) is 16.1. The minimum atomic E-state index is -3.70. The standard InChI is InChI=1S/C24H27N3O4S/c1-17-6-4-7-20(14-17)16-27-13-5-8-21(24(27)29)23(28)25-11-12-26-32(30,31)22-15-18(2)9-10-19(22)3/h4-10,13-15,26H,11-12,16H2,1-3H3,(H,25,28). The number of hydrogen-bond acceptors (Lipinski definition) is 4. The van der Waals surface area contributed by atoms with Crippen molar-refractivity contribution in [2.45, 2.75) is 32.2 Å². The van der Waals surface area contributed by atoms with Gasteiger partial charge >= 0.3 is 0 Å². The molecular formula is C24H27N3O4S. The van der Waals surface area contributed by atoms with Gasteiger partial charge in [0.15, 0.2) is 0 Å². The molecule has 0 aliphatic heterocycles. The van der Waals surface area contributed by atoms with E-state index in [1.807, 2.05) is 44.2 Å². The van der Waals surface area contributed by atoms with Crippen molar-refractivity contribution in [3.8, 4) is 0 Å². The van der Waals surface area contributed by atoms with Crippen LogP contribution in [0.1, 0.15) is 32.6 Å². The van der Waals surface area contributed by atoms with Gasteiger partial charge in [-0.2, -0.15) is 0 Å². The first-order valence-electron chi connectivity index (χ1n) is 10.3. The molecule has 7 nitrogen and oxygen atoms in total. The summed E-state index contributed by atoms with van der Waals surface area (Å²) in [4.78, 5) is 25.5. The van der Waals surface area contributed by atoms with Crippen molar-refractivity contribution >= 4 is 15.9 Å². The molecule has 0 saturated heterocycles. The molecule has 2 N–H and O–H groups in total. The molecule has 1 aromatic heterocycles. The number of sulfonamides is 1. The van der Waals surface area contributed by atoms with E-state index in [1.165, 1.54) is 10.6 Å². The van der Waals surface area contributed by atoms with E-state index in [1.54, 1.807) is 31.3 Å². The van der Waals surface area contributed by atoms with Gasteiger partial charge in [0.25, 0.3) is 11.5 Å². The summed E-state index contributed by atoms with van der Waals surface area (Å²) in [6.45, 7) is 5.94. The number of hydrogen-bond donors (Lipinski definition) is 2. The predicted octanol–water partition coefficient (Wildman–Crippen LogP) is 2.53. The highest BCUT2D eigenvalue weighted by Crippen LogP contribution is 2.16. The fourth-order valence-electron chi connectivity index (χ4n) is 3.37. The van der Waals surface area contributed by atoms with Crippen molar-refractivity contribution < 1.29 is 13.2 Å². The van der Waals surface area contributed by atoms with Crippen LogP contribution in [0.25, 0.3) is 0 Å². The van der Waals surface area contributed by atoms with E-state index < -0.39 is 21.5 Å². The van der Waals surface area contributed by atoms with E-state index in [4.69, 9.17) is 0 Å². The molecule has 0 spiro atoms. The van der Waals surface area contributed by atoms with Crippen LogP contribution in [0, 0.1) is 20.8 Å². The van der Waals surface area contributed by atoms with Crippen LogP contribution in [-0.4, -0.2) is 32.0 Å². The fraction of sp³-hybridized carbons (Fsp3) is 0.250. The first kappa shape index (κ1) is 23.4. The normalized spacial score (nSPS) is 11.3. The maximum atomic E-state index is 12.7. The molecule has 32 heavy (non-hydrogen) atoms. The van der Waals surface area contributed by atoms with Gasteiger partial charge in [0.2, 0.25) is 10.0 Å². The lowest BCUT2D eigenvalue weighted by atomic mass is 10.1. The van der Waals surface area contributed by atoms with Crippen molar-refractivity contribution in [1.82, 2.24) is 14.6 Å². The van der Waals surface area contributed by atoms with Crippen LogP contribution >= 0.6 is 0 Å². The zero-order chi connectivity index (χ0) is 23.3. The molecule has 168 valence electrons. The Morgan fingerprint density at radius 3 is 2.44 bits per heavy atom. The Balaban J connectivity index is 1.62. The molecule has 8 heteroatoms. The highest BCUT2D eigenvalue weighted by molar-refractivity contribution is 7.89. The number of nitrogens with zero attached hydrogens (tertiary/aromatic N) is 1. The second-order valence-electron chi connectivity index (χ2n) is 7.77. The van der Waals surface area contributed by atoms with Crippen LogP contribution in [0.3, 0.4) is 0 Å². The first-order chi connectivity index (χ1) is 15.2. The Labute approximate surface area is 188 Å². The highest BCUT2D eigenvalue weighted by atomic mass is 32.2. The summed E-state index contributed by atoms with van der Waals surface area (Å²) < 4.78 is 29.0. The minimum absolute atomic E-state index is 0.00573. The van der Waals surface area contributed by atoms with Crippen molar-refractivity contribution in [3.05, 3.63) is 99.0 Å². The molecule has 0 unspecified atom stereocenters. The average molecular weight is 454 g/mol. The van der Waals surface area contributed by atoms with E-state index in [9.17, 15) is 18.0 Å². The molecule has 1 amide bonds. The third-order valence-electron chi connectivity index (χ3n) is 5.04. The summed E-state index contributed by atoms with van der Waals surface area (Å²) in [5.74, 6) is -0.542. The summed E-state index contributed by atoms with van der Waals surface area (Å²) in [5.41, 5.74) is 3.15. The van der Waals surface area contributed by atoms with Crippen LogP contribution < -0.4 is 15.6 Å². The summed E-state index contributed by atoms with van der Waals surface area (Å²) in [5, 5.41) is 2.61. The maximum Gasteiger partial charge on any atom is 0.263 e. The van der Waals surface area contributed by atoms with Crippen LogP contribution in [0.5, 0.6) is 0 Å². The van der Waals surface area contributed by atoms with Gasteiger partial charge < -0.3 is 9.88 Å². The molecule has 0 bridgehead atoms. The number of nitrogens with one attached hydrogen (secondary N) is 2.